The summed E-state index contributed by atoms with van der Waals surface area (Å²) in [5.41, 5.74) is 7.71. The Bertz CT molecular complexity index is 1030. The molecule has 0 fully saturated rings. The third kappa shape index (κ3) is 3.80. The Morgan fingerprint density at radius 2 is 1.88 bits per heavy atom. The molecule has 0 aliphatic carbocycles. The van der Waals surface area contributed by atoms with Gasteiger partial charge in [-0.25, -0.2) is 17.5 Å². The molecule has 6 nitrogen and oxygen atoms in total. The second kappa shape index (κ2) is 6.94. The molecule has 0 unspecified atom stereocenters. The summed E-state index contributed by atoms with van der Waals surface area (Å²) in [6.07, 6.45) is 2.48. The van der Waals surface area contributed by atoms with Crippen LogP contribution in [-0.2, 0) is 16.4 Å². The number of benzene rings is 2. The highest BCUT2D eigenvalue weighted by molar-refractivity contribution is 7.90. The van der Waals surface area contributed by atoms with Gasteiger partial charge in [-0.05, 0) is 30.2 Å². The van der Waals surface area contributed by atoms with Crippen LogP contribution in [0.25, 0.3) is 10.9 Å². The van der Waals surface area contributed by atoms with Crippen molar-refractivity contribution in [1.82, 2.24) is 9.71 Å². The maximum atomic E-state index is 13.6. The highest BCUT2D eigenvalue weighted by Crippen LogP contribution is 2.18. The van der Waals surface area contributed by atoms with Crippen LogP contribution in [0.15, 0.2) is 64.6 Å². The predicted molar refractivity (Wildman–Crippen MR) is 95.2 cm³/mol. The molecule has 0 amide bonds. The molecular weight excluding hydrogens is 343 g/mol. The van der Waals surface area contributed by atoms with Crippen LogP contribution < -0.4 is 10.5 Å². The van der Waals surface area contributed by atoms with E-state index >= 15 is 0 Å². The van der Waals surface area contributed by atoms with E-state index in [1.807, 2.05) is 30.5 Å². The van der Waals surface area contributed by atoms with Gasteiger partial charge in [0.05, 0.1) is 0 Å². The van der Waals surface area contributed by atoms with Gasteiger partial charge < -0.3 is 10.7 Å². The maximum absolute atomic E-state index is 13.6. The first-order valence-corrected chi connectivity index (χ1v) is 9.08. The zero-order valence-corrected chi connectivity index (χ0v) is 14.1. The van der Waals surface area contributed by atoms with Crippen molar-refractivity contribution in [2.75, 3.05) is 6.54 Å². The van der Waals surface area contributed by atoms with Crippen LogP contribution in [0, 0.1) is 5.82 Å². The van der Waals surface area contributed by atoms with E-state index in [2.05, 4.69) is 14.7 Å². The fourth-order valence-electron chi connectivity index (χ4n) is 2.52. The average molecular weight is 360 g/mol. The van der Waals surface area contributed by atoms with E-state index in [4.69, 9.17) is 5.73 Å². The van der Waals surface area contributed by atoms with Gasteiger partial charge in [0.1, 0.15) is 10.7 Å². The predicted octanol–water partition coefficient (Wildman–Crippen LogP) is 2.14. The van der Waals surface area contributed by atoms with E-state index in [1.165, 1.54) is 12.1 Å². The number of nitrogens with zero attached hydrogens (tertiary/aromatic N) is 1. The third-order valence-corrected chi connectivity index (χ3v) is 5.09. The molecule has 1 aromatic heterocycles. The van der Waals surface area contributed by atoms with Crippen LogP contribution in [0.3, 0.4) is 0 Å². The van der Waals surface area contributed by atoms with Gasteiger partial charge in [-0.2, -0.15) is 0 Å². The Morgan fingerprint density at radius 1 is 1.16 bits per heavy atom. The van der Waals surface area contributed by atoms with E-state index in [9.17, 15) is 12.8 Å². The van der Waals surface area contributed by atoms with Gasteiger partial charge in [-0.3, -0.25) is 4.99 Å². The molecule has 3 rings (SSSR count). The number of hydrogen-bond acceptors (Lipinski definition) is 3. The molecule has 0 atom stereocenters. The van der Waals surface area contributed by atoms with Crippen LogP contribution in [0.5, 0.6) is 0 Å². The first kappa shape index (κ1) is 17.0. The minimum Gasteiger partial charge on any atom is -0.369 e. The number of aliphatic imine (C=N–C) groups is 1. The van der Waals surface area contributed by atoms with Gasteiger partial charge in [-0.15, -0.1) is 0 Å². The van der Waals surface area contributed by atoms with E-state index in [1.54, 1.807) is 0 Å². The molecule has 2 aromatic carbocycles. The number of halogens is 1. The summed E-state index contributed by atoms with van der Waals surface area (Å²) in [6, 6.07) is 12.9. The van der Waals surface area contributed by atoms with Crippen molar-refractivity contribution in [3.8, 4) is 0 Å². The molecule has 4 N–H and O–H groups in total. The fraction of sp³-hybridized carbons (Fsp3) is 0.118. The molecule has 0 aliphatic rings. The summed E-state index contributed by atoms with van der Waals surface area (Å²) < 4.78 is 39.9. The van der Waals surface area contributed by atoms with Crippen LogP contribution in [0.1, 0.15) is 5.56 Å². The standard InChI is InChI=1S/C17H17FN4O2S/c18-14-6-2-4-8-16(14)25(23,24)22-17(19)20-10-9-12-11-21-15-7-3-1-5-13(12)15/h1-8,11,21H,9-10H2,(H3,19,20,22). The summed E-state index contributed by atoms with van der Waals surface area (Å²) in [5.74, 6) is -1.12. The summed E-state index contributed by atoms with van der Waals surface area (Å²) in [5, 5.41) is 1.09. The number of aromatic nitrogens is 1. The third-order valence-electron chi connectivity index (χ3n) is 3.70. The topological polar surface area (TPSA) is 100 Å². The average Bonchev–Trinajstić information content (AvgIpc) is 2.98. The van der Waals surface area contributed by atoms with Crippen molar-refractivity contribution < 1.29 is 12.8 Å². The minimum atomic E-state index is -4.10. The van der Waals surface area contributed by atoms with Gasteiger partial charge in [-0.1, -0.05) is 30.3 Å². The summed E-state index contributed by atoms with van der Waals surface area (Å²) >= 11 is 0. The zero-order valence-electron chi connectivity index (χ0n) is 13.2. The van der Waals surface area contributed by atoms with Crippen LogP contribution in [0.4, 0.5) is 4.39 Å². The lowest BCUT2D eigenvalue weighted by molar-refractivity contribution is 0.564. The first-order chi connectivity index (χ1) is 12.0. The van der Waals surface area contributed by atoms with Crippen LogP contribution in [-0.4, -0.2) is 25.9 Å². The van der Waals surface area contributed by atoms with Crippen molar-refractivity contribution in [2.45, 2.75) is 11.3 Å². The lowest BCUT2D eigenvalue weighted by Crippen LogP contribution is -2.37. The zero-order chi connectivity index (χ0) is 17.9. The number of nitrogens with two attached hydrogens (primary N) is 1. The molecule has 25 heavy (non-hydrogen) atoms. The Morgan fingerprint density at radius 3 is 2.68 bits per heavy atom. The summed E-state index contributed by atoms with van der Waals surface area (Å²) in [4.78, 5) is 6.71. The maximum Gasteiger partial charge on any atom is 0.267 e. The van der Waals surface area contributed by atoms with E-state index in [0.717, 1.165) is 28.6 Å². The smallest absolute Gasteiger partial charge is 0.267 e. The lowest BCUT2D eigenvalue weighted by Gasteiger charge is -2.08. The molecule has 0 bridgehead atoms. The molecule has 8 heteroatoms. The molecule has 0 radical (unpaired) electrons. The minimum absolute atomic E-state index is 0.275. The van der Waals surface area contributed by atoms with E-state index < -0.39 is 20.7 Å². The lowest BCUT2D eigenvalue weighted by atomic mass is 10.1. The highest BCUT2D eigenvalue weighted by Gasteiger charge is 2.19. The van der Waals surface area contributed by atoms with Gasteiger partial charge in [0, 0.05) is 23.6 Å². The molecule has 0 aliphatic heterocycles. The van der Waals surface area contributed by atoms with E-state index in [-0.39, 0.29) is 5.96 Å². The number of nitrogens with one attached hydrogen (secondary N) is 2. The second-order valence-electron chi connectivity index (χ2n) is 5.41. The number of hydrogen-bond donors (Lipinski definition) is 3. The first-order valence-electron chi connectivity index (χ1n) is 7.59. The Hall–Kier alpha value is -2.87. The van der Waals surface area contributed by atoms with Crippen LogP contribution >= 0.6 is 0 Å². The second-order valence-corrected chi connectivity index (χ2v) is 7.06. The molecule has 0 saturated heterocycles. The van der Waals surface area contributed by atoms with Gasteiger partial charge in [0.25, 0.3) is 10.0 Å². The largest absolute Gasteiger partial charge is 0.369 e. The van der Waals surface area contributed by atoms with Crippen LogP contribution in [0.2, 0.25) is 0 Å². The fourth-order valence-corrected chi connectivity index (χ4v) is 3.56. The van der Waals surface area contributed by atoms with Crippen molar-refractivity contribution >= 4 is 26.9 Å². The van der Waals surface area contributed by atoms with Crippen molar-refractivity contribution in [1.29, 1.82) is 0 Å². The quantitative estimate of drug-likeness (QED) is 0.480. The highest BCUT2D eigenvalue weighted by atomic mass is 32.2. The number of sulfonamides is 1. The molecule has 130 valence electrons. The number of H-pyrrole nitrogens is 1. The molecule has 1 heterocycles. The van der Waals surface area contributed by atoms with Crippen molar-refractivity contribution in [3.05, 3.63) is 66.1 Å². The number of aromatic amines is 1. The van der Waals surface area contributed by atoms with Crippen molar-refractivity contribution in [3.63, 3.8) is 0 Å². The number of para-hydroxylation sites is 1. The number of fused-ring (bicyclic) bond motifs is 1. The molecule has 0 spiro atoms. The van der Waals surface area contributed by atoms with E-state index in [0.29, 0.717) is 13.0 Å². The summed E-state index contributed by atoms with van der Waals surface area (Å²) in [6.45, 7) is 0.299. The Kier molecular flexibility index (Phi) is 4.71. The SMILES string of the molecule is NC(=NCCc1c[nH]c2ccccc12)NS(=O)(=O)c1ccccc1F. The monoisotopic (exact) mass is 360 g/mol. The Balaban J connectivity index is 1.67. The van der Waals surface area contributed by atoms with Gasteiger partial charge >= 0.3 is 0 Å². The normalized spacial score (nSPS) is 12.4. The van der Waals surface area contributed by atoms with Gasteiger partial charge in [0.2, 0.25) is 5.96 Å². The molecular formula is C17H17FN4O2S. The Labute approximate surface area is 144 Å². The number of rotatable bonds is 5. The summed E-state index contributed by atoms with van der Waals surface area (Å²) in [7, 11) is -4.10. The molecule has 0 saturated carbocycles. The number of guanidine groups is 1. The van der Waals surface area contributed by atoms with Gasteiger partial charge in [0.15, 0.2) is 0 Å². The van der Waals surface area contributed by atoms with Crippen molar-refractivity contribution in [2.24, 2.45) is 10.7 Å². The molecule has 3 aromatic rings.